The van der Waals surface area contributed by atoms with Crippen molar-refractivity contribution in [2.24, 2.45) is 17.4 Å². The minimum atomic E-state index is -0.289. The fourth-order valence-electron chi connectivity index (χ4n) is 1.59. The lowest BCUT2D eigenvalue weighted by Gasteiger charge is -2.21. The second-order valence-corrected chi connectivity index (χ2v) is 3.64. The minimum Gasteiger partial charge on any atom is -0.370 e. The smallest absolute Gasteiger partial charge is 0.218 e. The van der Waals surface area contributed by atoms with Crippen LogP contribution in [0, 0.1) is 5.92 Å². The molecule has 0 heterocycles. The molecule has 0 radical (unpaired) electrons. The standard InChI is InChI=1S/C10H22N2O/c1-3-5-6-8(4-2)9(11)7-10(12)13/h8-9H,3-7,11H2,1-2H3,(H2,12,13). The maximum Gasteiger partial charge on any atom is 0.218 e. The van der Waals surface area contributed by atoms with E-state index in [1.807, 2.05) is 0 Å². The van der Waals surface area contributed by atoms with Crippen LogP contribution in [0.2, 0.25) is 0 Å². The Morgan fingerprint density at radius 2 is 2.00 bits per heavy atom. The summed E-state index contributed by atoms with van der Waals surface area (Å²) >= 11 is 0. The molecule has 0 spiro atoms. The molecule has 2 atom stereocenters. The number of primary amides is 1. The van der Waals surface area contributed by atoms with Crippen LogP contribution in [0.25, 0.3) is 0 Å². The highest BCUT2D eigenvalue weighted by Gasteiger charge is 2.16. The molecule has 0 rings (SSSR count). The quantitative estimate of drug-likeness (QED) is 0.631. The Morgan fingerprint density at radius 1 is 1.38 bits per heavy atom. The highest BCUT2D eigenvalue weighted by Crippen LogP contribution is 2.17. The fraction of sp³-hybridized carbons (Fsp3) is 0.900. The van der Waals surface area contributed by atoms with Crippen molar-refractivity contribution in [1.29, 1.82) is 0 Å². The van der Waals surface area contributed by atoms with Crippen LogP contribution >= 0.6 is 0 Å². The molecule has 0 aromatic carbocycles. The summed E-state index contributed by atoms with van der Waals surface area (Å²) < 4.78 is 0. The fourth-order valence-corrected chi connectivity index (χ4v) is 1.59. The Balaban J connectivity index is 3.83. The molecule has 13 heavy (non-hydrogen) atoms. The van der Waals surface area contributed by atoms with Gasteiger partial charge >= 0.3 is 0 Å². The third kappa shape index (κ3) is 5.64. The van der Waals surface area contributed by atoms with E-state index in [9.17, 15) is 4.79 Å². The monoisotopic (exact) mass is 186 g/mol. The van der Waals surface area contributed by atoms with Gasteiger partial charge in [0.15, 0.2) is 0 Å². The summed E-state index contributed by atoms with van der Waals surface area (Å²) in [7, 11) is 0. The first-order chi connectivity index (χ1) is 6.11. The summed E-state index contributed by atoms with van der Waals surface area (Å²) in [5, 5.41) is 0. The molecular weight excluding hydrogens is 164 g/mol. The molecule has 0 aliphatic heterocycles. The maximum atomic E-state index is 10.6. The molecule has 4 N–H and O–H groups in total. The summed E-state index contributed by atoms with van der Waals surface area (Å²) in [6, 6.07) is -0.0472. The van der Waals surface area contributed by atoms with Gasteiger partial charge in [0.25, 0.3) is 0 Å². The number of carbonyl (C=O) groups excluding carboxylic acids is 1. The van der Waals surface area contributed by atoms with Crippen LogP contribution in [0.5, 0.6) is 0 Å². The van der Waals surface area contributed by atoms with Crippen molar-refractivity contribution in [3.05, 3.63) is 0 Å². The molecule has 0 aliphatic rings. The van der Waals surface area contributed by atoms with Gasteiger partial charge in [-0.25, -0.2) is 0 Å². The number of amides is 1. The van der Waals surface area contributed by atoms with Gasteiger partial charge in [-0.3, -0.25) is 4.79 Å². The number of nitrogens with two attached hydrogens (primary N) is 2. The van der Waals surface area contributed by atoms with Crippen LogP contribution in [0.4, 0.5) is 0 Å². The lowest BCUT2D eigenvalue weighted by atomic mass is 9.90. The minimum absolute atomic E-state index is 0.0472. The van der Waals surface area contributed by atoms with Gasteiger partial charge in [0.05, 0.1) is 0 Å². The van der Waals surface area contributed by atoms with E-state index in [4.69, 9.17) is 11.5 Å². The van der Waals surface area contributed by atoms with E-state index in [0.29, 0.717) is 12.3 Å². The molecule has 3 heteroatoms. The molecule has 78 valence electrons. The third-order valence-electron chi connectivity index (χ3n) is 2.50. The van der Waals surface area contributed by atoms with Crippen molar-refractivity contribution in [3.8, 4) is 0 Å². The highest BCUT2D eigenvalue weighted by atomic mass is 16.1. The second kappa shape index (κ2) is 6.89. The van der Waals surface area contributed by atoms with Gasteiger partial charge in [0.1, 0.15) is 0 Å². The SMILES string of the molecule is CCCCC(CC)C(N)CC(N)=O. The molecule has 3 nitrogen and oxygen atoms in total. The Labute approximate surface area is 80.9 Å². The highest BCUT2D eigenvalue weighted by molar-refractivity contribution is 5.74. The number of carbonyl (C=O) groups is 1. The van der Waals surface area contributed by atoms with Gasteiger partial charge in [-0.2, -0.15) is 0 Å². The van der Waals surface area contributed by atoms with E-state index < -0.39 is 0 Å². The van der Waals surface area contributed by atoms with E-state index in [1.54, 1.807) is 0 Å². The zero-order valence-electron chi connectivity index (χ0n) is 8.75. The number of hydrogen-bond acceptors (Lipinski definition) is 2. The predicted molar refractivity (Wildman–Crippen MR) is 55.1 cm³/mol. The third-order valence-corrected chi connectivity index (χ3v) is 2.50. The van der Waals surface area contributed by atoms with Crippen molar-refractivity contribution < 1.29 is 4.79 Å². The summed E-state index contributed by atoms with van der Waals surface area (Å²) in [5.74, 6) is 0.162. The molecule has 2 unspecified atom stereocenters. The first-order valence-corrected chi connectivity index (χ1v) is 5.15. The first-order valence-electron chi connectivity index (χ1n) is 5.15. The van der Waals surface area contributed by atoms with E-state index in [-0.39, 0.29) is 11.9 Å². The van der Waals surface area contributed by atoms with Crippen LogP contribution in [-0.2, 0) is 4.79 Å². The van der Waals surface area contributed by atoms with Crippen molar-refractivity contribution in [3.63, 3.8) is 0 Å². The maximum absolute atomic E-state index is 10.6. The molecule has 0 aromatic rings. The summed E-state index contributed by atoms with van der Waals surface area (Å²) in [5.41, 5.74) is 11.0. The Kier molecular flexibility index (Phi) is 6.59. The summed E-state index contributed by atoms with van der Waals surface area (Å²) in [6.07, 6.45) is 4.84. The zero-order valence-corrected chi connectivity index (χ0v) is 8.75. The average molecular weight is 186 g/mol. The lowest BCUT2D eigenvalue weighted by Crippen LogP contribution is -2.34. The van der Waals surface area contributed by atoms with E-state index in [1.165, 1.54) is 12.8 Å². The van der Waals surface area contributed by atoms with Gasteiger partial charge in [-0.1, -0.05) is 33.1 Å². The lowest BCUT2D eigenvalue weighted by molar-refractivity contribution is -0.118. The van der Waals surface area contributed by atoms with Gasteiger partial charge < -0.3 is 11.5 Å². The van der Waals surface area contributed by atoms with Crippen molar-refractivity contribution in [1.82, 2.24) is 0 Å². The van der Waals surface area contributed by atoms with Crippen molar-refractivity contribution in [2.75, 3.05) is 0 Å². The van der Waals surface area contributed by atoms with Crippen molar-refractivity contribution in [2.45, 2.75) is 52.0 Å². The molecule has 0 fully saturated rings. The first kappa shape index (κ1) is 12.4. The molecule has 0 saturated heterocycles. The normalized spacial score (nSPS) is 15.3. The largest absolute Gasteiger partial charge is 0.370 e. The molecule has 0 aliphatic carbocycles. The number of hydrogen-bond donors (Lipinski definition) is 2. The zero-order chi connectivity index (χ0) is 10.3. The van der Waals surface area contributed by atoms with Crippen LogP contribution in [0.15, 0.2) is 0 Å². The van der Waals surface area contributed by atoms with E-state index in [0.717, 1.165) is 12.8 Å². The topological polar surface area (TPSA) is 69.1 Å². The number of rotatable bonds is 7. The van der Waals surface area contributed by atoms with Crippen LogP contribution in [-0.4, -0.2) is 11.9 Å². The van der Waals surface area contributed by atoms with Gasteiger partial charge in [-0.15, -0.1) is 0 Å². The Morgan fingerprint density at radius 3 is 2.38 bits per heavy atom. The second-order valence-electron chi connectivity index (χ2n) is 3.64. The summed E-state index contributed by atoms with van der Waals surface area (Å²) in [4.78, 5) is 10.6. The Bertz CT molecular complexity index is 148. The van der Waals surface area contributed by atoms with Crippen LogP contribution in [0.3, 0.4) is 0 Å². The van der Waals surface area contributed by atoms with Gasteiger partial charge in [-0.05, 0) is 12.3 Å². The molecule has 0 saturated carbocycles. The molecular formula is C10H22N2O. The van der Waals surface area contributed by atoms with Gasteiger partial charge in [0, 0.05) is 12.5 Å². The van der Waals surface area contributed by atoms with E-state index >= 15 is 0 Å². The molecule has 1 amide bonds. The number of unbranched alkanes of at least 4 members (excludes halogenated alkanes) is 1. The van der Waals surface area contributed by atoms with E-state index in [2.05, 4.69) is 13.8 Å². The van der Waals surface area contributed by atoms with Crippen LogP contribution in [0.1, 0.15) is 46.0 Å². The predicted octanol–water partition coefficient (Wildman–Crippen LogP) is 1.41. The van der Waals surface area contributed by atoms with Crippen molar-refractivity contribution >= 4 is 5.91 Å². The van der Waals surface area contributed by atoms with Gasteiger partial charge in [0.2, 0.25) is 5.91 Å². The van der Waals surface area contributed by atoms with Crippen LogP contribution < -0.4 is 11.5 Å². The molecule has 0 aromatic heterocycles. The Hall–Kier alpha value is -0.570. The average Bonchev–Trinajstić information content (AvgIpc) is 2.04. The summed E-state index contributed by atoms with van der Waals surface area (Å²) in [6.45, 7) is 4.27. The molecule has 0 bridgehead atoms.